The van der Waals surface area contributed by atoms with Gasteiger partial charge in [-0.3, -0.25) is 9.69 Å². The van der Waals surface area contributed by atoms with Gasteiger partial charge in [-0.25, -0.2) is 18.4 Å². The molecule has 0 aromatic heterocycles. The van der Waals surface area contributed by atoms with Gasteiger partial charge >= 0.3 is 6.09 Å². The van der Waals surface area contributed by atoms with Crippen molar-refractivity contribution in [2.45, 2.75) is 63.0 Å². The van der Waals surface area contributed by atoms with E-state index in [9.17, 15) is 18.0 Å². The van der Waals surface area contributed by atoms with Crippen LogP contribution in [-0.2, 0) is 19.6 Å². The van der Waals surface area contributed by atoms with Gasteiger partial charge in [0.15, 0.2) is 0 Å². The Hall–Kier alpha value is -2.91. The molecule has 1 saturated carbocycles. The first kappa shape index (κ1) is 23.3. The molecule has 1 aliphatic carbocycles. The van der Waals surface area contributed by atoms with Crippen molar-refractivity contribution in [2.24, 2.45) is 5.14 Å². The fourth-order valence-electron chi connectivity index (χ4n) is 4.70. The van der Waals surface area contributed by atoms with E-state index in [2.05, 4.69) is 0 Å². The Kier molecular flexibility index (Phi) is 6.45. The topological polar surface area (TPSA) is 110 Å². The summed E-state index contributed by atoms with van der Waals surface area (Å²) in [5, 5.41) is 5.29. The quantitative estimate of drug-likeness (QED) is 0.727. The van der Waals surface area contributed by atoms with Gasteiger partial charge in [0.05, 0.1) is 22.3 Å². The van der Waals surface area contributed by atoms with Crippen molar-refractivity contribution in [1.29, 1.82) is 0 Å². The zero-order valence-electron chi connectivity index (χ0n) is 18.9. The molecule has 176 valence electrons. The van der Waals surface area contributed by atoms with E-state index in [4.69, 9.17) is 9.88 Å². The molecule has 4 rings (SSSR count). The number of nitrogens with zero attached hydrogens (tertiary/aromatic N) is 2. The van der Waals surface area contributed by atoms with Crippen LogP contribution in [-0.4, -0.2) is 39.1 Å². The number of amides is 2. The minimum absolute atomic E-state index is 0.00488. The molecule has 1 heterocycles. The van der Waals surface area contributed by atoms with Crippen LogP contribution in [0.3, 0.4) is 0 Å². The second-order valence-electron chi connectivity index (χ2n) is 8.77. The summed E-state index contributed by atoms with van der Waals surface area (Å²) in [7, 11) is -3.86. The normalized spacial score (nSPS) is 19.2. The summed E-state index contributed by atoms with van der Waals surface area (Å²) in [5.41, 5.74) is 2.52. The highest BCUT2D eigenvalue weighted by molar-refractivity contribution is 7.89. The molecule has 0 spiro atoms. The van der Waals surface area contributed by atoms with Crippen LogP contribution in [0.25, 0.3) is 11.1 Å². The van der Waals surface area contributed by atoms with E-state index in [0.717, 1.165) is 32.1 Å². The number of primary sulfonamides is 1. The Morgan fingerprint density at radius 3 is 2.36 bits per heavy atom. The van der Waals surface area contributed by atoms with Crippen molar-refractivity contribution in [1.82, 2.24) is 0 Å². The van der Waals surface area contributed by atoms with E-state index in [1.54, 1.807) is 40.1 Å². The fraction of sp³-hybridized carbons (Fsp3) is 0.417. The highest BCUT2D eigenvalue weighted by atomic mass is 32.2. The molecule has 2 aromatic carbocycles. The number of sulfonamides is 1. The van der Waals surface area contributed by atoms with Gasteiger partial charge in [-0.15, -0.1) is 0 Å². The van der Waals surface area contributed by atoms with Crippen molar-refractivity contribution < 1.29 is 22.7 Å². The SMILES string of the molecule is CC(=O)N1c2ccc(-c3cccc(S(N)(=O)=O)c3)cc2N(C(=O)OC2CCCCC2)C[C@@H]1C. The lowest BCUT2D eigenvalue weighted by Gasteiger charge is -2.41. The average molecular weight is 472 g/mol. The number of rotatable bonds is 3. The van der Waals surface area contributed by atoms with Gasteiger partial charge in [0.2, 0.25) is 15.9 Å². The van der Waals surface area contributed by atoms with Gasteiger partial charge in [0.25, 0.3) is 0 Å². The summed E-state index contributed by atoms with van der Waals surface area (Å²) in [6.07, 6.45) is 4.47. The Morgan fingerprint density at radius 2 is 1.70 bits per heavy atom. The van der Waals surface area contributed by atoms with Crippen LogP contribution < -0.4 is 14.9 Å². The molecule has 2 aliphatic rings. The van der Waals surface area contributed by atoms with Crippen LogP contribution in [0.4, 0.5) is 16.2 Å². The third-order valence-electron chi connectivity index (χ3n) is 6.29. The molecular formula is C24H29N3O5S. The van der Waals surface area contributed by atoms with Crippen molar-refractivity contribution in [3.8, 4) is 11.1 Å². The number of benzene rings is 2. The summed E-state index contributed by atoms with van der Waals surface area (Å²) < 4.78 is 29.4. The Bertz CT molecular complexity index is 1170. The lowest BCUT2D eigenvalue weighted by atomic mass is 9.98. The van der Waals surface area contributed by atoms with Crippen LogP contribution >= 0.6 is 0 Å². The summed E-state index contributed by atoms with van der Waals surface area (Å²) in [6.45, 7) is 3.70. The molecule has 1 fully saturated rings. The molecule has 0 unspecified atom stereocenters. The van der Waals surface area contributed by atoms with Gasteiger partial charge in [-0.1, -0.05) is 24.6 Å². The molecule has 0 bridgehead atoms. The summed E-state index contributed by atoms with van der Waals surface area (Å²) >= 11 is 0. The lowest BCUT2D eigenvalue weighted by Crippen LogP contribution is -2.52. The Morgan fingerprint density at radius 1 is 1.00 bits per heavy atom. The highest BCUT2D eigenvalue weighted by Gasteiger charge is 2.35. The number of ether oxygens (including phenoxy) is 1. The Labute approximate surface area is 194 Å². The van der Waals surface area contributed by atoms with E-state index in [1.165, 1.54) is 19.1 Å². The van der Waals surface area contributed by atoms with Crippen LogP contribution in [0.2, 0.25) is 0 Å². The smallest absolute Gasteiger partial charge is 0.414 e. The van der Waals surface area contributed by atoms with E-state index in [-0.39, 0.29) is 22.9 Å². The molecule has 2 N–H and O–H groups in total. The van der Waals surface area contributed by atoms with Crippen LogP contribution in [0.1, 0.15) is 46.0 Å². The largest absolute Gasteiger partial charge is 0.446 e. The first-order valence-electron chi connectivity index (χ1n) is 11.2. The minimum atomic E-state index is -3.86. The molecule has 1 aliphatic heterocycles. The van der Waals surface area contributed by atoms with Crippen molar-refractivity contribution in [3.05, 3.63) is 42.5 Å². The number of hydrogen-bond donors (Lipinski definition) is 1. The third kappa shape index (κ3) is 4.89. The third-order valence-corrected chi connectivity index (χ3v) is 7.20. The van der Waals surface area contributed by atoms with Gasteiger partial charge < -0.3 is 9.64 Å². The minimum Gasteiger partial charge on any atom is -0.446 e. The van der Waals surface area contributed by atoms with Crippen molar-refractivity contribution >= 4 is 33.4 Å². The second kappa shape index (κ2) is 9.15. The van der Waals surface area contributed by atoms with Gasteiger partial charge in [0.1, 0.15) is 6.10 Å². The maximum Gasteiger partial charge on any atom is 0.414 e. The molecule has 2 aromatic rings. The van der Waals surface area contributed by atoms with Gasteiger partial charge in [0, 0.05) is 13.5 Å². The first-order chi connectivity index (χ1) is 15.6. The lowest BCUT2D eigenvalue weighted by molar-refractivity contribution is -0.117. The van der Waals surface area contributed by atoms with Gasteiger partial charge in [-0.2, -0.15) is 0 Å². The van der Waals surface area contributed by atoms with Crippen LogP contribution in [0.15, 0.2) is 47.4 Å². The molecule has 0 radical (unpaired) electrons. The summed E-state index contributed by atoms with van der Waals surface area (Å²) in [4.78, 5) is 28.8. The number of fused-ring (bicyclic) bond motifs is 1. The molecule has 1 atom stereocenters. The molecule has 2 amide bonds. The van der Waals surface area contributed by atoms with Crippen LogP contribution in [0.5, 0.6) is 0 Å². The van der Waals surface area contributed by atoms with Crippen molar-refractivity contribution in [2.75, 3.05) is 16.3 Å². The van der Waals surface area contributed by atoms with E-state index >= 15 is 0 Å². The maximum absolute atomic E-state index is 13.2. The Balaban J connectivity index is 1.74. The molecule has 8 nitrogen and oxygen atoms in total. The maximum atomic E-state index is 13.2. The zero-order chi connectivity index (χ0) is 23.8. The molecule has 33 heavy (non-hydrogen) atoms. The zero-order valence-corrected chi connectivity index (χ0v) is 19.7. The van der Waals surface area contributed by atoms with Gasteiger partial charge in [-0.05, 0) is 68.0 Å². The first-order valence-corrected chi connectivity index (χ1v) is 12.7. The summed E-state index contributed by atoms with van der Waals surface area (Å²) in [6, 6.07) is 11.5. The number of nitrogens with two attached hydrogens (primary N) is 1. The highest BCUT2D eigenvalue weighted by Crippen LogP contribution is 2.39. The van der Waals surface area contributed by atoms with E-state index in [0.29, 0.717) is 29.0 Å². The van der Waals surface area contributed by atoms with E-state index < -0.39 is 16.1 Å². The fourth-order valence-corrected chi connectivity index (χ4v) is 5.26. The predicted molar refractivity (Wildman–Crippen MR) is 127 cm³/mol. The number of carbonyl (C=O) groups excluding carboxylic acids is 2. The number of carbonyl (C=O) groups is 2. The number of anilines is 2. The molecule has 9 heteroatoms. The molecule has 0 saturated heterocycles. The standard InChI is InChI=1S/C24H29N3O5S/c1-16-15-26(24(29)32-20-8-4-3-5-9-20)23-14-19(11-12-22(23)27(16)17(2)28)18-7-6-10-21(13-18)33(25,30)31/h6-7,10-14,16,20H,3-5,8-9,15H2,1-2H3,(H2,25,30,31)/t16-/m0/s1. The number of hydrogen-bond acceptors (Lipinski definition) is 5. The van der Waals surface area contributed by atoms with Crippen LogP contribution in [0, 0.1) is 0 Å². The van der Waals surface area contributed by atoms with E-state index in [1.807, 2.05) is 6.92 Å². The predicted octanol–water partition coefficient (Wildman–Crippen LogP) is 4.03. The van der Waals surface area contributed by atoms with Crippen molar-refractivity contribution in [3.63, 3.8) is 0 Å². The monoisotopic (exact) mass is 471 g/mol. The summed E-state index contributed by atoms with van der Waals surface area (Å²) in [5.74, 6) is -0.118. The molecular weight excluding hydrogens is 442 g/mol. The second-order valence-corrected chi connectivity index (χ2v) is 10.3. The average Bonchev–Trinajstić information content (AvgIpc) is 2.78.